The molecule has 0 saturated carbocycles. The zero-order valence-electron chi connectivity index (χ0n) is 17.6. The molecule has 164 valence electrons. The average molecular weight is 425 g/mol. The Balaban J connectivity index is 1.48. The summed E-state index contributed by atoms with van der Waals surface area (Å²) < 4.78 is 5.27. The number of benzene rings is 2. The third-order valence-electron chi connectivity index (χ3n) is 4.79. The van der Waals surface area contributed by atoms with Crippen LogP contribution in [0.2, 0.25) is 0 Å². The van der Waals surface area contributed by atoms with Gasteiger partial charge in [0.1, 0.15) is 0 Å². The number of nitrogens with zero attached hydrogens (tertiary/aromatic N) is 1. The van der Waals surface area contributed by atoms with E-state index < -0.39 is 0 Å². The number of ether oxygens (including phenoxy) is 1. The van der Waals surface area contributed by atoms with Crippen LogP contribution in [-0.2, 0) is 14.3 Å². The van der Waals surface area contributed by atoms with E-state index in [1.165, 1.54) is 0 Å². The van der Waals surface area contributed by atoms with E-state index in [2.05, 4.69) is 16.0 Å². The summed E-state index contributed by atoms with van der Waals surface area (Å²) in [7, 11) is 0. The lowest BCUT2D eigenvalue weighted by molar-refractivity contribution is -0.116. The summed E-state index contributed by atoms with van der Waals surface area (Å²) >= 11 is 0. The summed E-state index contributed by atoms with van der Waals surface area (Å²) in [6.45, 7) is 4.31. The largest absolute Gasteiger partial charge is 0.378 e. The minimum Gasteiger partial charge on any atom is -0.378 e. The number of carbonyl (C=O) groups excluding carboxylic acids is 3. The van der Waals surface area contributed by atoms with Gasteiger partial charge in [-0.05, 0) is 48.9 Å². The van der Waals surface area contributed by atoms with Crippen LogP contribution in [0.5, 0.6) is 0 Å². The van der Waals surface area contributed by atoms with Crippen molar-refractivity contribution in [1.29, 1.82) is 0 Å². The summed E-state index contributed by atoms with van der Waals surface area (Å²) in [5.41, 5.74) is 2.62. The van der Waals surface area contributed by atoms with Crippen molar-refractivity contribution in [3.63, 3.8) is 0 Å². The standard InChI is InChI=1S/C23H28N4O4/c1-2-4-21(28)26-20-6-3-5-19(15-20)24-16-22(29)25-18-9-7-17(8-10-18)23(30)27-11-13-31-14-12-27/h3,5-10,15,24H,2,4,11-14,16H2,1H3,(H,25,29)(H,26,28). The molecule has 1 aliphatic rings. The highest BCUT2D eigenvalue weighted by Gasteiger charge is 2.18. The molecule has 0 unspecified atom stereocenters. The van der Waals surface area contributed by atoms with Crippen molar-refractivity contribution < 1.29 is 19.1 Å². The third kappa shape index (κ3) is 6.82. The molecular weight excluding hydrogens is 396 g/mol. The summed E-state index contributed by atoms with van der Waals surface area (Å²) in [6, 6.07) is 14.1. The van der Waals surface area contributed by atoms with Crippen LogP contribution < -0.4 is 16.0 Å². The Bertz CT molecular complexity index is 908. The fourth-order valence-corrected chi connectivity index (χ4v) is 3.19. The van der Waals surface area contributed by atoms with Crippen LogP contribution in [0, 0.1) is 0 Å². The second kappa shape index (κ2) is 11.1. The topological polar surface area (TPSA) is 99.8 Å². The fourth-order valence-electron chi connectivity index (χ4n) is 3.19. The number of carbonyl (C=O) groups is 3. The lowest BCUT2D eigenvalue weighted by Gasteiger charge is -2.26. The van der Waals surface area contributed by atoms with E-state index in [1.807, 2.05) is 19.1 Å². The molecule has 31 heavy (non-hydrogen) atoms. The zero-order chi connectivity index (χ0) is 22.1. The van der Waals surface area contributed by atoms with Crippen molar-refractivity contribution in [2.75, 3.05) is 48.8 Å². The minimum atomic E-state index is -0.215. The summed E-state index contributed by atoms with van der Waals surface area (Å²) in [5, 5.41) is 8.68. The van der Waals surface area contributed by atoms with E-state index >= 15 is 0 Å². The average Bonchev–Trinajstić information content (AvgIpc) is 2.79. The highest BCUT2D eigenvalue weighted by molar-refractivity contribution is 5.97. The molecule has 0 radical (unpaired) electrons. The first-order chi connectivity index (χ1) is 15.0. The van der Waals surface area contributed by atoms with Crippen molar-refractivity contribution in [1.82, 2.24) is 4.90 Å². The van der Waals surface area contributed by atoms with Gasteiger partial charge in [-0.2, -0.15) is 0 Å². The maximum Gasteiger partial charge on any atom is 0.254 e. The van der Waals surface area contributed by atoms with E-state index in [0.29, 0.717) is 49.7 Å². The van der Waals surface area contributed by atoms with E-state index in [4.69, 9.17) is 4.74 Å². The molecule has 2 aromatic rings. The Kier molecular flexibility index (Phi) is 8.00. The van der Waals surface area contributed by atoms with Gasteiger partial charge in [0.05, 0.1) is 19.8 Å². The van der Waals surface area contributed by atoms with Crippen LogP contribution in [-0.4, -0.2) is 55.5 Å². The predicted octanol–water partition coefficient (Wildman–Crippen LogP) is 2.95. The normalized spacial score (nSPS) is 13.4. The van der Waals surface area contributed by atoms with Crippen LogP contribution in [0.1, 0.15) is 30.1 Å². The van der Waals surface area contributed by atoms with Gasteiger partial charge >= 0.3 is 0 Å². The molecule has 8 nitrogen and oxygen atoms in total. The molecule has 1 fully saturated rings. The van der Waals surface area contributed by atoms with Crippen LogP contribution in [0.3, 0.4) is 0 Å². The van der Waals surface area contributed by atoms with Crippen LogP contribution in [0.4, 0.5) is 17.1 Å². The van der Waals surface area contributed by atoms with Crippen molar-refractivity contribution in [3.8, 4) is 0 Å². The molecule has 0 aromatic heterocycles. The Labute approximate surface area is 182 Å². The number of amides is 3. The highest BCUT2D eigenvalue weighted by Crippen LogP contribution is 2.16. The highest BCUT2D eigenvalue weighted by atomic mass is 16.5. The van der Waals surface area contributed by atoms with Crippen molar-refractivity contribution in [2.24, 2.45) is 0 Å². The van der Waals surface area contributed by atoms with Gasteiger partial charge < -0.3 is 25.6 Å². The Morgan fingerprint density at radius 3 is 2.29 bits per heavy atom. The van der Waals surface area contributed by atoms with Crippen LogP contribution in [0.25, 0.3) is 0 Å². The van der Waals surface area contributed by atoms with Gasteiger partial charge in [-0.25, -0.2) is 0 Å². The number of rotatable bonds is 8. The second-order valence-electron chi connectivity index (χ2n) is 7.26. The molecule has 1 heterocycles. The number of hydrogen-bond acceptors (Lipinski definition) is 5. The van der Waals surface area contributed by atoms with Crippen LogP contribution in [0.15, 0.2) is 48.5 Å². The van der Waals surface area contributed by atoms with Gasteiger partial charge in [-0.15, -0.1) is 0 Å². The van der Waals surface area contributed by atoms with E-state index in [9.17, 15) is 14.4 Å². The Hall–Kier alpha value is -3.39. The number of anilines is 3. The molecule has 3 rings (SSSR count). The minimum absolute atomic E-state index is 0.0336. The number of hydrogen-bond donors (Lipinski definition) is 3. The molecule has 0 aliphatic carbocycles. The first-order valence-corrected chi connectivity index (χ1v) is 10.5. The quantitative estimate of drug-likeness (QED) is 0.605. The summed E-state index contributed by atoms with van der Waals surface area (Å²) in [5.74, 6) is -0.283. The van der Waals surface area contributed by atoms with Crippen molar-refractivity contribution in [3.05, 3.63) is 54.1 Å². The summed E-state index contributed by atoms with van der Waals surface area (Å²) in [6.07, 6.45) is 1.25. The molecule has 3 N–H and O–H groups in total. The second-order valence-corrected chi connectivity index (χ2v) is 7.26. The molecule has 1 saturated heterocycles. The monoisotopic (exact) mass is 424 g/mol. The SMILES string of the molecule is CCCC(=O)Nc1cccc(NCC(=O)Nc2ccc(C(=O)N3CCOCC3)cc2)c1. The maximum absolute atomic E-state index is 12.5. The number of nitrogens with one attached hydrogen (secondary N) is 3. The van der Waals surface area contributed by atoms with Gasteiger partial charge in [0.15, 0.2) is 0 Å². The molecule has 8 heteroatoms. The van der Waals surface area contributed by atoms with Crippen molar-refractivity contribution in [2.45, 2.75) is 19.8 Å². The first kappa shape index (κ1) is 22.3. The number of morpholine rings is 1. The van der Waals surface area contributed by atoms with Gasteiger partial charge in [0, 0.05) is 42.1 Å². The lowest BCUT2D eigenvalue weighted by Crippen LogP contribution is -2.40. The molecule has 2 aromatic carbocycles. The van der Waals surface area contributed by atoms with Gasteiger partial charge in [-0.1, -0.05) is 13.0 Å². The predicted molar refractivity (Wildman–Crippen MR) is 120 cm³/mol. The molecule has 0 atom stereocenters. The zero-order valence-corrected chi connectivity index (χ0v) is 17.6. The molecule has 3 amide bonds. The van der Waals surface area contributed by atoms with Gasteiger partial charge in [0.2, 0.25) is 11.8 Å². The van der Waals surface area contributed by atoms with E-state index in [1.54, 1.807) is 41.3 Å². The molecule has 1 aliphatic heterocycles. The lowest BCUT2D eigenvalue weighted by atomic mass is 10.1. The Morgan fingerprint density at radius 1 is 0.903 bits per heavy atom. The van der Waals surface area contributed by atoms with E-state index in [-0.39, 0.29) is 24.3 Å². The first-order valence-electron chi connectivity index (χ1n) is 10.5. The third-order valence-corrected chi connectivity index (χ3v) is 4.79. The van der Waals surface area contributed by atoms with Crippen LogP contribution >= 0.6 is 0 Å². The maximum atomic E-state index is 12.5. The Morgan fingerprint density at radius 2 is 1.58 bits per heavy atom. The summed E-state index contributed by atoms with van der Waals surface area (Å²) in [4.78, 5) is 38.2. The fraction of sp³-hybridized carbons (Fsp3) is 0.348. The molecule has 0 bridgehead atoms. The van der Waals surface area contributed by atoms with Gasteiger partial charge in [-0.3, -0.25) is 14.4 Å². The van der Waals surface area contributed by atoms with Gasteiger partial charge in [0.25, 0.3) is 5.91 Å². The smallest absolute Gasteiger partial charge is 0.254 e. The van der Waals surface area contributed by atoms with Crippen molar-refractivity contribution >= 4 is 34.8 Å². The molecule has 0 spiro atoms. The van der Waals surface area contributed by atoms with E-state index in [0.717, 1.165) is 12.1 Å². The molecular formula is C23H28N4O4.